The topological polar surface area (TPSA) is 72.2 Å². The summed E-state index contributed by atoms with van der Waals surface area (Å²) in [4.78, 5) is 0. The van der Waals surface area contributed by atoms with E-state index >= 15 is 0 Å². The molecule has 0 saturated heterocycles. The number of nitrogen functional groups attached to an aromatic ring is 1. The fraction of sp³-hybridized carbons (Fsp3) is 0.143. The second-order valence-corrected chi connectivity index (χ2v) is 7.17. The van der Waals surface area contributed by atoms with Crippen LogP contribution >= 0.6 is 15.9 Å². The normalized spacial score (nSPS) is 11.3. The van der Waals surface area contributed by atoms with E-state index in [4.69, 9.17) is 5.73 Å². The molecule has 0 aliphatic heterocycles. The summed E-state index contributed by atoms with van der Waals surface area (Å²) in [5.74, 6) is -0.0806. The molecule has 0 saturated carbocycles. The average Bonchev–Trinajstić information content (AvgIpc) is 2.34. The molecule has 106 valence electrons. The van der Waals surface area contributed by atoms with Crippen molar-refractivity contribution in [3.05, 3.63) is 58.1 Å². The van der Waals surface area contributed by atoms with Crippen LogP contribution in [0.15, 0.2) is 46.9 Å². The van der Waals surface area contributed by atoms with Gasteiger partial charge in [0.1, 0.15) is 0 Å². The van der Waals surface area contributed by atoms with Crippen LogP contribution in [-0.4, -0.2) is 8.42 Å². The Balaban J connectivity index is 2.25. The van der Waals surface area contributed by atoms with Gasteiger partial charge < -0.3 is 5.73 Å². The van der Waals surface area contributed by atoms with Crippen LogP contribution in [0.2, 0.25) is 0 Å². The Morgan fingerprint density at radius 1 is 1.20 bits per heavy atom. The van der Waals surface area contributed by atoms with E-state index < -0.39 is 10.0 Å². The molecule has 0 heterocycles. The molecule has 6 heteroatoms. The molecule has 2 rings (SSSR count). The van der Waals surface area contributed by atoms with Crippen LogP contribution < -0.4 is 10.5 Å². The molecule has 3 N–H and O–H groups in total. The Hall–Kier alpha value is -1.53. The Morgan fingerprint density at radius 3 is 2.45 bits per heavy atom. The lowest BCUT2D eigenvalue weighted by Gasteiger charge is -2.13. The number of halogens is 1. The predicted molar refractivity (Wildman–Crippen MR) is 86.0 cm³/mol. The van der Waals surface area contributed by atoms with Gasteiger partial charge in [-0.3, -0.25) is 4.72 Å². The molecule has 0 bridgehead atoms. The van der Waals surface area contributed by atoms with Gasteiger partial charge in [-0.15, -0.1) is 0 Å². The van der Waals surface area contributed by atoms with Crippen LogP contribution in [0.5, 0.6) is 0 Å². The molecule has 2 aromatic carbocycles. The Labute approximate surface area is 127 Å². The van der Waals surface area contributed by atoms with Crippen molar-refractivity contribution in [2.75, 3.05) is 10.5 Å². The highest BCUT2D eigenvalue weighted by atomic mass is 79.9. The number of benzene rings is 2. The monoisotopic (exact) mass is 354 g/mol. The van der Waals surface area contributed by atoms with Gasteiger partial charge in [-0.2, -0.15) is 0 Å². The van der Waals surface area contributed by atoms with Crippen LogP contribution in [0.4, 0.5) is 11.4 Å². The Morgan fingerprint density at radius 2 is 1.85 bits per heavy atom. The van der Waals surface area contributed by atoms with Gasteiger partial charge in [0.25, 0.3) is 0 Å². The van der Waals surface area contributed by atoms with Crippen LogP contribution in [0.25, 0.3) is 0 Å². The Kier molecular flexibility index (Phi) is 4.35. The third kappa shape index (κ3) is 3.74. The highest BCUT2D eigenvalue weighted by Crippen LogP contribution is 2.29. The summed E-state index contributed by atoms with van der Waals surface area (Å²) in [6.45, 7) is 1.81. The molecule has 20 heavy (non-hydrogen) atoms. The van der Waals surface area contributed by atoms with Gasteiger partial charge in [0, 0.05) is 4.47 Å². The molecular formula is C14H15BrN2O2S. The molecule has 0 aliphatic rings. The third-order valence-electron chi connectivity index (χ3n) is 2.79. The molecular weight excluding hydrogens is 340 g/mol. The molecule has 0 atom stereocenters. The van der Waals surface area contributed by atoms with Gasteiger partial charge in [-0.25, -0.2) is 8.42 Å². The van der Waals surface area contributed by atoms with Crippen molar-refractivity contribution in [1.82, 2.24) is 0 Å². The van der Waals surface area contributed by atoms with E-state index in [0.717, 1.165) is 15.6 Å². The quantitative estimate of drug-likeness (QED) is 0.827. The standard InChI is InChI=1S/C14H15BrN2O2S/c1-10-7-12(15)8-13(16)14(10)17-20(18,19)9-11-5-3-2-4-6-11/h2-8,17H,9,16H2,1H3. The van der Waals surface area contributed by atoms with Gasteiger partial charge >= 0.3 is 0 Å². The second kappa shape index (κ2) is 5.85. The number of anilines is 2. The fourth-order valence-electron chi connectivity index (χ4n) is 1.89. The first-order valence-electron chi connectivity index (χ1n) is 5.97. The van der Waals surface area contributed by atoms with Crippen LogP contribution in [0.1, 0.15) is 11.1 Å². The van der Waals surface area contributed by atoms with E-state index in [9.17, 15) is 8.42 Å². The summed E-state index contributed by atoms with van der Waals surface area (Å²) in [6.07, 6.45) is 0. The maximum Gasteiger partial charge on any atom is 0.236 e. The van der Waals surface area contributed by atoms with Crippen LogP contribution in [-0.2, 0) is 15.8 Å². The molecule has 0 radical (unpaired) electrons. The van der Waals surface area contributed by atoms with E-state index in [2.05, 4.69) is 20.7 Å². The van der Waals surface area contributed by atoms with Crippen molar-refractivity contribution in [2.24, 2.45) is 0 Å². The molecule has 0 aliphatic carbocycles. The zero-order chi connectivity index (χ0) is 14.8. The van der Waals surface area contributed by atoms with Crippen molar-refractivity contribution in [3.63, 3.8) is 0 Å². The minimum atomic E-state index is -3.49. The van der Waals surface area contributed by atoms with Crippen molar-refractivity contribution < 1.29 is 8.42 Å². The number of hydrogen-bond donors (Lipinski definition) is 2. The highest BCUT2D eigenvalue weighted by molar-refractivity contribution is 9.10. The maximum atomic E-state index is 12.2. The summed E-state index contributed by atoms with van der Waals surface area (Å²) >= 11 is 3.32. The first kappa shape index (κ1) is 14.9. The number of aryl methyl sites for hydroxylation is 1. The number of rotatable bonds is 4. The summed E-state index contributed by atoms with van der Waals surface area (Å²) < 4.78 is 27.7. The van der Waals surface area contributed by atoms with Crippen molar-refractivity contribution in [2.45, 2.75) is 12.7 Å². The largest absolute Gasteiger partial charge is 0.397 e. The molecule has 0 spiro atoms. The summed E-state index contributed by atoms with van der Waals surface area (Å²) in [5, 5.41) is 0. The summed E-state index contributed by atoms with van der Waals surface area (Å²) in [6, 6.07) is 12.5. The van der Waals surface area contributed by atoms with Gasteiger partial charge in [0.05, 0.1) is 17.1 Å². The van der Waals surface area contributed by atoms with E-state index in [-0.39, 0.29) is 5.75 Å². The minimum Gasteiger partial charge on any atom is -0.397 e. The zero-order valence-corrected chi connectivity index (χ0v) is 13.3. The van der Waals surface area contributed by atoms with Crippen LogP contribution in [0.3, 0.4) is 0 Å². The summed E-state index contributed by atoms with van der Waals surface area (Å²) in [5.41, 5.74) is 8.20. The molecule has 0 amide bonds. The smallest absolute Gasteiger partial charge is 0.236 e. The lowest BCUT2D eigenvalue weighted by molar-refractivity contribution is 0.600. The van der Waals surface area contributed by atoms with Crippen molar-refractivity contribution >= 4 is 37.3 Å². The van der Waals surface area contributed by atoms with E-state index in [0.29, 0.717) is 11.4 Å². The van der Waals surface area contributed by atoms with Gasteiger partial charge in [-0.05, 0) is 30.2 Å². The maximum absolute atomic E-state index is 12.2. The molecule has 0 unspecified atom stereocenters. The second-order valence-electron chi connectivity index (χ2n) is 4.53. The van der Waals surface area contributed by atoms with Crippen LogP contribution in [0, 0.1) is 6.92 Å². The highest BCUT2D eigenvalue weighted by Gasteiger charge is 2.15. The van der Waals surface area contributed by atoms with E-state index in [1.165, 1.54) is 0 Å². The molecule has 2 aromatic rings. The van der Waals surface area contributed by atoms with E-state index in [1.54, 1.807) is 18.2 Å². The third-order valence-corrected chi connectivity index (χ3v) is 4.47. The van der Waals surface area contributed by atoms with E-state index in [1.807, 2.05) is 31.2 Å². The predicted octanol–water partition coefficient (Wildman–Crippen LogP) is 3.28. The van der Waals surface area contributed by atoms with Gasteiger partial charge in [0.2, 0.25) is 10.0 Å². The lowest BCUT2D eigenvalue weighted by atomic mass is 10.2. The first-order chi connectivity index (χ1) is 9.37. The summed E-state index contributed by atoms with van der Waals surface area (Å²) in [7, 11) is -3.49. The number of sulfonamides is 1. The minimum absolute atomic E-state index is 0.0806. The number of nitrogens with two attached hydrogens (primary N) is 1. The van der Waals surface area contributed by atoms with Gasteiger partial charge in [-0.1, -0.05) is 46.3 Å². The molecule has 4 nitrogen and oxygen atoms in total. The fourth-order valence-corrected chi connectivity index (χ4v) is 3.78. The molecule has 0 fully saturated rings. The Bertz CT molecular complexity index is 692. The van der Waals surface area contributed by atoms with Crippen molar-refractivity contribution in [3.8, 4) is 0 Å². The average molecular weight is 355 g/mol. The number of nitrogens with one attached hydrogen (secondary N) is 1. The molecule has 0 aromatic heterocycles. The zero-order valence-electron chi connectivity index (χ0n) is 10.9. The van der Waals surface area contributed by atoms with Gasteiger partial charge in [0.15, 0.2) is 0 Å². The first-order valence-corrected chi connectivity index (χ1v) is 8.42. The lowest BCUT2D eigenvalue weighted by Crippen LogP contribution is -2.17. The SMILES string of the molecule is Cc1cc(Br)cc(N)c1NS(=O)(=O)Cc1ccccc1. The number of hydrogen-bond acceptors (Lipinski definition) is 3. The van der Waals surface area contributed by atoms with Crippen molar-refractivity contribution in [1.29, 1.82) is 0 Å².